The zero-order valence-electron chi connectivity index (χ0n) is 13.0. The maximum atomic E-state index is 12.3. The summed E-state index contributed by atoms with van der Waals surface area (Å²) < 4.78 is 1.13. The Morgan fingerprint density at radius 1 is 1.39 bits per heavy atom. The molecular weight excluding hydrogens is 312 g/mol. The zero-order chi connectivity index (χ0) is 16.2. The van der Waals surface area contributed by atoms with Crippen LogP contribution in [0.4, 0.5) is 4.79 Å². The average molecular weight is 332 g/mol. The molecule has 1 atom stereocenters. The molecule has 0 aliphatic carbocycles. The molecule has 1 aromatic heterocycles. The van der Waals surface area contributed by atoms with Crippen LogP contribution < -0.4 is 10.6 Å². The first-order valence-electron chi connectivity index (χ1n) is 7.76. The fourth-order valence-corrected chi connectivity index (χ4v) is 3.73. The number of benzene rings is 1. The van der Waals surface area contributed by atoms with Crippen LogP contribution in [0.5, 0.6) is 0 Å². The number of para-hydroxylation sites is 1. The number of rotatable bonds is 3. The summed E-state index contributed by atoms with van der Waals surface area (Å²) in [4.78, 5) is 29.7. The van der Waals surface area contributed by atoms with Crippen LogP contribution in [0, 0.1) is 0 Å². The first-order valence-corrected chi connectivity index (χ1v) is 8.58. The van der Waals surface area contributed by atoms with Crippen molar-refractivity contribution in [2.45, 2.75) is 32.4 Å². The van der Waals surface area contributed by atoms with Crippen LogP contribution in [0.3, 0.4) is 0 Å². The lowest BCUT2D eigenvalue weighted by Crippen LogP contribution is -2.51. The Morgan fingerprint density at radius 2 is 2.22 bits per heavy atom. The number of carbonyl (C=O) groups is 2. The Hall–Kier alpha value is -2.15. The highest BCUT2D eigenvalue weighted by molar-refractivity contribution is 7.18. The molecule has 0 saturated carbocycles. The number of piperidine rings is 1. The van der Waals surface area contributed by atoms with Gasteiger partial charge in [-0.2, -0.15) is 0 Å². The molecule has 1 aliphatic heterocycles. The quantitative estimate of drug-likeness (QED) is 0.904. The van der Waals surface area contributed by atoms with Crippen molar-refractivity contribution in [1.82, 2.24) is 20.5 Å². The Morgan fingerprint density at radius 3 is 3.00 bits per heavy atom. The number of likely N-dealkylation sites (tertiary alicyclic amines) is 1. The van der Waals surface area contributed by atoms with Crippen LogP contribution >= 0.6 is 11.3 Å². The number of fused-ring (bicyclic) bond motifs is 1. The largest absolute Gasteiger partial charge is 0.352 e. The predicted molar refractivity (Wildman–Crippen MR) is 90.3 cm³/mol. The van der Waals surface area contributed by atoms with Crippen molar-refractivity contribution in [2.24, 2.45) is 0 Å². The molecule has 0 unspecified atom stereocenters. The molecule has 3 rings (SSSR count). The summed E-state index contributed by atoms with van der Waals surface area (Å²) in [6, 6.07) is 7.90. The van der Waals surface area contributed by atoms with E-state index in [9.17, 15) is 9.59 Å². The number of nitrogens with zero attached hydrogens (tertiary/aromatic N) is 2. The van der Waals surface area contributed by atoms with E-state index in [1.807, 2.05) is 24.3 Å². The van der Waals surface area contributed by atoms with Gasteiger partial charge in [-0.25, -0.2) is 9.78 Å². The van der Waals surface area contributed by atoms with E-state index in [2.05, 4.69) is 15.6 Å². The Kier molecular flexibility index (Phi) is 4.76. The van der Waals surface area contributed by atoms with Crippen molar-refractivity contribution in [3.8, 4) is 0 Å². The van der Waals surface area contributed by atoms with E-state index < -0.39 is 0 Å². The molecule has 6 nitrogen and oxygen atoms in total. The Balaban J connectivity index is 1.55. The predicted octanol–water partition coefficient (Wildman–Crippen LogP) is 2.11. The topological polar surface area (TPSA) is 74.3 Å². The smallest absolute Gasteiger partial charge is 0.317 e. The maximum absolute atomic E-state index is 12.3. The highest BCUT2D eigenvalue weighted by Gasteiger charge is 2.24. The number of carbonyl (C=O) groups excluding carboxylic acids is 2. The summed E-state index contributed by atoms with van der Waals surface area (Å²) in [5, 5.41) is 6.71. The molecule has 2 N–H and O–H groups in total. The summed E-state index contributed by atoms with van der Waals surface area (Å²) in [6.45, 7) is 3.22. The molecule has 3 amide bonds. The van der Waals surface area contributed by atoms with Gasteiger partial charge in [0.2, 0.25) is 5.91 Å². The standard InChI is InChI=1S/C16H20N4O2S/c1-11(21)18-12-5-4-8-20(10-12)16(22)17-9-15-19-13-6-2-3-7-14(13)23-15/h2-3,6-7,12H,4-5,8-10H2,1H3,(H,17,22)(H,18,21)/t12-/m1/s1. The van der Waals surface area contributed by atoms with Gasteiger partial charge in [-0.05, 0) is 25.0 Å². The molecule has 7 heteroatoms. The SMILES string of the molecule is CC(=O)N[C@@H]1CCCN(C(=O)NCc2nc3ccccc3s2)C1. The van der Waals surface area contributed by atoms with Crippen molar-refractivity contribution < 1.29 is 9.59 Å². The minimum absolute atomic E-state index is 0.0493. The molecule has 2 aromatic rings. The molecule has 0 spiro atoms. The highest BCUT2D eigenvalue weighted by atomic mass is 32.1. The average Bonchev–Trinajstić information content (AvgIpc) is 2.95. The fourth-order valence-electron chi connectivity index (χ4n) is 2.83. The summed E-state index contributed by atoms with van der Waals surface area (Å²) in [6.07, 6.45) is 1.82. The second-order valence-electron chi connectivity index (χ2n) is 5.72. The van der Waals surface area contributed by atoms with Gasteiger partial charge in [0, 0.05) is 26.1 Å². The number of hydrogen-bond acceptors (Lipinski definition) is 4. The molecule has 122 valence electrons. The van der Waals surface area contributed by atoms with Crippen molar-refractivity contribution in [2.75, 3.05) is 13.1 Å². The minimum atomic E-state index is -0.0979. The van der Waals surface area contributed by atoms with Gasteiger partial charge < -0.3 is 15.5 Å². The van der Waals surface area contributed by atoms with Crippen molar-refractivity contribution >= 4 is 33.5 Å². The van der Waals surface area contributed by atoms with Gasteiger partial charge in [0.15, 0.2) is 0 Å². The van der Waals surface area contributed by atoms with Gasteiger partial charge in [-0.3, -0.25) is 4.79 Å². The van der Waals surface area contributed by atoms with E-state index in [1.54, 1.807) is 16.2 Å². The van der Waals surface area contributed by atoms with E-state index >= 15 is 0 Å². The van der Waals surface area contributed by atoms with Crippen LogP contribution in [0.1, 0.15) is 24.8 Å². The summed E-state index contributed by atoms with van der Waals surface area (Å²) >= 11 is 1.59. The van der Waals surface area contributed by atoms with Crippen molar-refractivity contribution in [3.05, 3.63) is 29.3 Å². The first-order chi connectivity index (χ1) is 11.1. The minimum Gasteiger partial charge on any atom is -0.352 e. The lowest BCUT2D eigenvalue weighted by atomic mass is 10.1. The van der Waals surface area contributed by atoms with Gasteiger partial charge in [0.05, 0.1) is 16.8 Å². The molecule has 1 saturated heterocycles. The fraction of sp³-hybridized carbons (Fsp3) is 0.438. The lowest BCUT2D eigenvalue weighted by molar-refractivity contribution is -0.119. The molecule has 0 radical (unpaired) electrons. The normalized spacial score (nSPS) is 18.0. The highest BCUT2D eigenvalue weighted by Crippen LogP contribution is 2.21. The third-order valence-corrected chi connectivity index (χ3v) is 4.88. The monoisotopic (exact) mass is 332 g/mol. The lowest BCUT2D eigenvalue weighted by Gasteiger charge is -2.32. The van der Waals surface area contributed by atoms with Gasteiger partial charge >= 0.3 is 6.03 Å². The molecular formula is C16H20N4O2S. The second kappa shape index (κ2) is 6.95. The Bertz CT molecular complexity index is 682. The van der Waals surface area contributed by atoms with Crippen LogP contribution in [0.2, 0.25) is 0 Å². The Labute approximate surface area is 138 Å². The van der Waals surface area contributed by atoms with Crippen molar-refractivity contribution in [3.63, 3.8) is 0 Å². The van der Waals surface area contributed by atoms with E-state index in [0.717, 1.165) is 34.6 Å². The van der Waals surface area contributed by atoms with E-state index in [1.165, 1.54) is 6.92 Å². The van der Waals surface area contributed by atoms with Crippen molar-refractivity contribution in [1.29, 1.82) is 0 Å². The maximum Gasteiger partial charge on any atom is 0.317 e. The number of thiazole rings is 1. The van der Waals surface area contributed by atoms with Crippen LogP contribution in [0.15, 0.2) is 24.3 Å². The number of hydrogen-bond donors (Lipinski definition) is 2. The molecule has 1 aromatic carbocycles. The second-order valence-corrected chi connectivity index (χ2v) is 6.83. The van der Waals surface area contributed by atoms with Gasteiger partial charge in [-0.1, -0.05) is 12.1 Å². The summed E-state index contributed by atoms with van der Waals surface area (Å²) in [5.41, 5.74) is 0.963. The van der Waals surface area contributed by atoms with Crippen LogP contribution in [-0.2, 0) is 11.3 Å². The first kappa shape index (κ1) is 15.7. The molecule has 1 fully saturated rings. The van der Waals surface area contributed by atoms with Crippen LogP contribution in [-0.4, -0.2) is 41.0 Å². The molecule has 0 bridgehead atoms. The van der Waals surface area contributed by atoms with E-state index in [0.29, 0.717) is 13.1 Å². The van der Waals surface area contributed by atoms with Gasteiger partial charge in [0.1, 0.15) is 5.01 Å². The molecule has 1 aliphatic rings. The number of urea groups is 1. The van der Waals surface area contributed by atoms with E-state index in [4.69, 9.17) is 0 Å². The summed E-state index contributed by atoms with van der Waals surface area (Å²) in [5.74, 6) is -0.0493. The van der Waals surface area contributed by atoms with E-state index in [-0.39, 0.29) is 18.0 Å². The third kappa shape index (κ3) is 3.98. The number of aromatic nitrogens is 1. The number of amides is 3. The third-order valence-electron chi connectivity index (χ3n) is 3.85. The van der Waals surface area contributed by atoms with Crippen LogP contribution in [0.25, 0.3) is 10.2 Å². The molecule has 2 heterocycles. The van der Waals surface area contributed by atoms with Gasteiger partial charge in [0.25, 0.3) is 0 Å². The summed E-state index contributed by atoms with van der Waals surface area (Å²) in [7, 11) is 0. The zero-order valence-corrected chi connectivity index (χ0v) is 13.9. The molecule has 23 heavy (non-hydrogen) atoms. The van der Waals surface area contributed by atoms with Gasteiger partial charge in [-0.15, -0.1) is 11.3 Å². The number of nitrogens with one attached hydrogen (secondary N) is 2.